The number of rotatable bonds is 3. The van der Waals surface area contributed by atoms with E-state index in [1.807, 2.05) is 6.92 Å². The summed E-state index contributed by atoms with van der Waals surface area (Å²) in [5.74, 6) is 0. The van der Waals surface area contributed by atoms with Gasteiger partial charge in [0.05, 0.1) is 15.6 Å². The second-order valence-corrected chi connectivity index (χ2v) is 6.79. The summed E-state index contributed by atoms with van der Waals surface area (Å²) in [6, 6.07) is 4.34. The fraction of sp³-hybridized carbons (Fsp3) is 0.455. The van der Waals surface area contributed by atoms with Crippen molar-refractivity contribution in [1.29, 1.82) is 0 Å². The van der Waals surface area contributed by atoms with Crippen LogP contribution < -0.4 is 10.5 Å². The van der Waals surface area contributed by atoms with E-state index in [0.717, 1.165) is 19.3 Å². The SMILES string of the molecule is CC1(NS(=O)(=O)c2ccc(Cl)c(N)c2)CCC1. The van der Waals surface area contributed by atoms with Crippen molar-refractivity contribution in [2.24, 2.45) is 0 Å². The Labute approximate surface area is 106 Å². The first-order chi connectivity index (χ1) is 7.82. The molecule has 0 bridgehead atoms. The molecule has 1 aliphatic carbocycles. The standard InChI is InChI=1S/C11H15ClN2O2S/c1-11(5-2-6-11)14-17(15,16)8-3-4-9(12)10(13)7-8/h3-4,7,14H,2,5-6,13H2,1H3. The number of sulfonamides is 1. The molecule has 0 aromatic heterocycles. The van der Waals surface area contributed by atoms with Crippen LogP contribution in [0.3, 0.4) is 0 Å². The largest absolute Gasteiger partial charge is 0.397 e. The van der Waals surface area contributed by atoms with Gasteiger partial charge in [0, 0.05) is 5.54 Å². The normalized spacial score (nSPS) is 18.7. The van der Waals surface area contributed by atoms with Gasteiger partial charge >= 0.3 is 0 Å². The van der Waals surface area contributed by atoms with Crippen molar-refractivity contribution in [2.75, 3.05) is 5.73 Å². The van der Waals surface area contributed by atoms with Gasteiger partial charge in [-0.1, -0.05) is 11.6 Å². The van der Waals surface area contributed by atoms with Crippen LogP contribution >= 0.6 is 11.6 Å². The summed E-state index contributed by atoms with van der Waals surface area (Å²) >= 11 is 5.76. The lowest BCUT2D eigenvalue weighted by atomic mass is 9.80. The monoisotopic (exact) mass is 274 g/mol. The summed E-state index contributed by atoms with van der Waals surface area (Å²) in [5, 5.41) is 0.360. The van der Waals surface area contributed by atoms with Crippen LogP contribution in [0, 0.1) is 0 Å². The van der Waals surface area contributed by atoms with Crippen LogP contribution in [0.1, 0.15) is 26.2 Å². The topological polar surface area (TPSA) is 72.2 Å². The van der Waals surface area contributed by atoms with Crippen molar-refractivity contribution < 1.29 is 8.42 Å². The molecule has 3 N–H and O–H groups in total. The van der Waals surface area contributed by atoms with E-state index in [1.54, 1.807) is 0 Å². The molecule has 0 atom stereocenters. The molecule has 2 rings (SSSR count). The minimum absolute atomic E-state index is 0.160. The van der Waals surface area contributed by atoms with Gasteiger partial charge in [-0.3, -0.25) is 0 Å². The average Bonchev–Trinajstić information content (AvgIpc) is 2.19. The van der Waals surface area contributed by atoms with Gasteiger partial charge in [-0.15, -0.1) is 0 Å². The Bertz CT molecular complexity index is 538. The van der Waals surface area contributed by atoms with Gasteiger partial charge in [0.2, 0.25) is 10.0 Å². The molecule has 1 aromatic rings. The van der Waals surface area contributed by atoms with Crippen molar-refractivity contribution in [3.05, 3.63) is 23.2 Å². The molecule has 0 radical (unpaired) electrons. The number of nitrogens with one attached hydrogen (secondary N) is 1. The zero-order valence-corrected chi connectivity index (χ0v) is 11.1. The number of nitrogens with two attached hydrogens (primary N) is 1. The summed E-state index contributed by atoms with van der Waals surface area (Å²) in [4.78, 5) is 0.160. The molecule has 6 heteroatoms. The van der Waals surface area contributed by atoms with E-state index in [0.29, 0.717) is 5.02 Å². The van der Waals surface area contributed by atoms with E-state index >= 15 is 0 Å². The molecule has 0 saturated heterocycles. The Morgan fingerprint density at radius 2 is 2.06 bits per heavy atom. The molecule has 17 heavy (non-hydrogen) atoms. The maximum Gasteiger partial charge on any atom is 0.241 e. The van der Waals surface area contributed by atoms with Crippen LogP contribution in [0.25, 0.3) is 0 Å². The first kappa shape index (κ1) is 12.7. The molecular weight excluding hydrogens is 260 g/mol. The van der Waals surface area contributed by atoms with Crippen LogP contribution in [0.4, 0.5) is 5.69 Å². The van der Waals surface area contributed by atoms with Gasteiger partial charge < -0.3 is 5.73 Å². The Balaban J connectivity index is 2.28. The summed E-state index contributed by atoms with van der Waals surface area (Å²) < 4.78 is 26.9. The van der Waals surface area contributed by atoms with Gasteiger partial charge in [-0.25, -0.2) is 13.1 Å². The predicted molar refractivity (Wildman–Crippen MR) is 68.4 cm³/mol. The summed E-state index contributed by atoms with van der Waals surface area (Å²) in [6.07, 6.45) is 2.80. The molecule has 0 amide bonds. The summed E-state index contributed by atoms with van der Waals surface area (Å²) in [7, 11) is -3.51. The highest BCUT2D eigenvalue weighted by Crippen LogP contribution is 2.33. The van der Waals surface area contributed by atoms with Gasteiger partial charge in [0.15, 0.2) is 0 Å². The molecule has 0 unspecified atom stereocenters. The molecular formula is C11H15ClN2O2S. The van der Waals surface area contributed by atoms with Crippen LogP contribution in [0.15, 0.2) is 23.1 Å². The fourth-order valence-corrected chi connectivity index (χ4v) is 3.50. The van der Waals surface area contributed by atoms with Gasteiger partial charge in [-0.05, 0) is 44.4 Å². The van der Waals surface area contributed by atoms with E-state index in [-0.39, 0.29) is 16.1 Å². The van der Waals surface area contributed by atoms with E-state index in [1.165, 1.54) is 18.2 Å². The third-order valence-corrected chi connectivity index (χ3v) is 5.10. The Hall–Kier alpha value is -0.780. The maximum atomic E-state index is 12.1. The zero-order valence-electron chi connectivity index (χ0n) is 9.53. The van der Waals surface area contributed by atoms with Crippen molar-refractivity contribution in [3.63, 3.8) is 0 Å². The smallest absolute Gasteiger partial charge is 0.241 e. The predicted octanol–water partition coefficient (Wildman–Crippen LogP) is 2.14. The van der Waals surface area contributed by atoms with Crippen molar-refractivity contribution in [1.82, 2.24) is 4.72 Å². The highest BCUT2D eigenvalue weighted by atomic mass is 35.5. The Morgan fingerprint density at radius 3 is 2.53 bits per heavy atom. The molecule has 1 aromatic carbocycles. The van der Waals surface area contributed by atoms with E-state index in [2.05, 4.69) is 4.72 Å². The highest BCUT2D eigenvalue weighted by Gasteiger charge is 2.36. The summed E-state index contributed by atoms with van der Waals surface area (Å²) in [6.45, 7) is 1.91. The zero-order chi connectivity index (χ0) is 12.7. The number of benzene rings is 1. The second-order valence-electron chi connectivity index (χ2n) is 4.70. The quantitative estimate of drug-likeness (QED) is 0.830. The molecule has 1 saturated carbocycles. The lowest BCUT2D eigenvalue weighted by Crippen LogP contribution is -2.50. The minimum atomic E-state index is -3.51. The molecule has 94 valence electrons. The lowest BCUT2D eigenvalue weighted by Gasteiger charge is -2.38. The van der Waals surface area contributed by atoms with Gasteiger partial charge in [-0.2, -0.15) is 0 Å². The highest BCUT2D eigenvalue weighted by molar-refractivity contribution is 7.89. The molecule has 1 aliphatic rings. The number of hydrogen-bond donors (Lipinski definition) is 2. The summed E-state index contributed by atoms with van der Waals surface area (Å²) in [5.41, 5.74) is 5.56. The molecule has 4 nitrogen and oxygen atoms in total. The fourth-order valence-electron chi connectivity index (χ4n) is 1.88. The van der Waals surface area contributed by atoms with E-state index in [4.69, 9.17) is 17.3 Å². The van der Waals surface area contributed by atoms with E-state index in [9.17, 15) is 8.42 Å². The first-order valence-electron chi connectivity index (χ1n) is 5.41. The Morgan fingerprint density at radius 1 is 1.41 bits per heavy atom. The van der Waals surface area contributed by atoms with Crippen molar-refractivity contribution >= 4 is 27.3 Å². The second kappa shape index (κ2) is 4.15. The molecule has 0 heterocycles. The first-order valence-corrected chi connectivity index (χ1v) is 7.28. The van der Waals surface area contributed by atoms with Crippen LogP contribution in [0.5, 0.6) is 0 Å². The lowest BCUT2D eigenvalue weighted by molar-refractivity contribution is 0.248. The maximum absolute atomic E-state index is 12.1. The average molecular weight is 275 g/mol. The number of hydrogen-bond acceptors (Lipinski definition) is 3. The molecule has 0 spiro atoms. The van der Waals surface area contributed by atoms with E-state index < -0.39 is 10.0 Å². The minimum Gasteiger partial charge on any atom is -0.397 e. The number of anilines is 1. The van der Waals surface area contributed by atoms with Crippen LogP contribution in [-0.4, -0.2) is 14.0 Å². The molecule has 0 aliphatic heterocycles. The van der Waals surface area contributed by atoms with Crippen molar-refractivity contribution in [3.8, 4) is 0 Å². The third-order valence-electron chi connectivity index (χ3n) is 3.12. The van der Waals surface area contributed by atoms with Crippen LogP contribution in [-0.2, 0) is 10.0 Å². The number of nitrogen functional groups attached to an aromatic ring is 1. The Kier molecular flexibility index (Phi) is 3.10. The van der Waals surface area contributed by atoms with Crippen molar-refractivity contribution in [2.45, 2.75) is 36.6 Å². The van der Waals surface area contributed by atoms with Crippen LogP contribution in [0.2, 0.25) is 5.02 Å². The third kappa shape index (κ3) is 2.56. The van der Waals surface area contributed by atoms with Gasteiger partial charge in [0.25, 0.3) is 0 Å². The molecule has 1 fully saturated rings. The van der Waals surface area contributed by atoms with Gasteiger partial charge in [0.1, 0.15) is 0 Å². The number of halogens is 1.